The number of aliphatic hydroxyl groups excluding tert-OH is 1. The zero-order valence-corrected chi connectivity index (χ0v) is 13.1. The van der Waals surface area contributed by atoms with Crippen molar-refractivity contribution in [3.63, 3.8) is 0 Å². The summed E-state index contributed by atoms with van der Waals surface area (Å²) < 4.78 is 10.9. The first-order valence-electron chi connectivity index (χ1n) is 7.57. The van der Waals surface area contributed by atoms with Gasteiger partial charge in [-0.3, -0.25) is 0 Å². The van der Waals surface area contributed by atoms with Gasteiger partial charge in [-0.25, -0.2) is 4.98 Å². The molecule has 0 amide bonds. The third kappa shape index (κ3) is 2.32. The number of fused-ring (bicyclic) bond motifs is 2. The van der Waals surface area contributed by atoms with E-state index >= 15 is 0 Å². The quantitative estimate of drug-likeness (QED) is 0.783. The lowest BCUT2D eigenvalue weighted by Gasteiger charge is -2.11. The van der Waals surface area contributed by atoms with Crippen LogP contribution in [0.3, 0.4) is 0 Å². The predicted molar refractivity (Wildman–Crippen MR) is 88.7 cm³/mol. The number of hydrogen-bond acceptors (Lipinski definition) is 4. The lowest BCUT2D eigenvalue weighted by Crippen LogP contribution is -1.93. The number of aromatic nitrogens is 1. The van der Waals surface area contributed by atoms with Crippen LogP contribution in [-0.4, -0.2) is 16.9 Å². The van der Waals surface area contributed by atoms with Gasteiger partial charge in [0.05, 0.1) is 17.8 Å². The molecule has 1 aromatic heterocycles. The van der Waals surface area contributed by atoms with E-state index in [0.717, 1.165) is 50.3 Å². The smallest absolute Gasteiger partial charge is 0.231 e. The van der Waals surface area contributed by atoms with Crippen LogP contribution in [0.15, 0.2) is 36.4 Å². The van der Waals surface area contributed by atoms with Crippen LogP contribution in [0.1, 0.15) is 16.7 Å². The van der Waals surface area contributed by atoms with Crippen LogP contribution < -0.4 is 9.47 Å². The van der Waals surface area contributed by atoms with Crippen LogP contribution in [0.4, 0.5) is 0 Å². The third-order valence-corrected chi connectivity index (χ3v) is 4.26. The number of aliphatic hydroxyl groups is 1. The Hall–Kier alpha value is -2.59. The van der Waals surface area contributed by atoms with Gasteiger partial charge in [-0.1, -0.05) is 12.1 Å². The minimum absolute atomic E-state index is 0.0178. The van der Waals surface area contributed by atoms with Crippen molar-refractivity contribution >= 4 is 10.9 Å². The van der Waals surface area contributed by atoms with E-state index < -0.39 is 0 Å². The van der Waals surface area contributed by atoms with Gasteiger partial charge in [-0.05, 0) is 54.8 Å². The Morgan fingerprint density at radius 2 is 1.78 bits per heavy atom. The lowest BCUT2D eigenvalue weighted by molar-refractivity contribution is 0.174. The summed E-state index contributed by atoms with van der Waals surface area (Å²) in [4.78, 5) is 4.79. The summed E-state index contributed by atoms with van der Waals surface area (Å²) >= 11 is 0. The second-order valence-electron chi connectivity index (χ2n) is 5.85. The highest BCUT2D eigenvalue weighted by molar-refractivity contribution is 5.86. The van der Waals surface area contributed by atoms with Gasteiger partial charge in [0.25, 0.3) is 0 Å². The van der Waals surface area contributed by atoms with E-state index in [0.29, 0.717) is 0 Å². The Kier molecular flexibility index (Phi) is 3.20. The second kappa shape index (κ2) is 5.25. The Bertz CT molecular complexity index is 918. The topological polar surface area (TPSA) is 51.6 Å². The van der Waals surface area contributed by atoms with Gasteiger partial charge in [0, 0.05) is 10.9 Å². The second-order valence-corrected chi connectivity index (χ2v) is 5.85. The third-order valence-electron chi connectivity index (χ3n) is 4.26. The summed E-state index contributed by atoms with van der Waals surface area (Å²) in [7, 11) is 0. The number of aryl methyl sites for hydroxylation is 2. The average molecular weight is 307 g/mol. The van der Waals surface area contributed by atoms with Crippen LogP contribution >= 0.6 is 0 Å². The fraction of sp³-hybridized carbons (Fsp3) is 0.211. The largest absolute Gasteiger partial charge is 0.454 e. The van der Waals surface area contributed by atoms with Crippen molar-refractivity contribution in [3.05, 3.63) is 53.1 Å². The first-order chi connectivity index (χ1) is 11.2. The van der Waals surface area contributed by atoms with Crippen molar-refractivity contribution in [1.82, 2.24) is 4.98 Å². The Labute approximate surface area is 134 Å². The summed E-state index contributed by atoms with van der Waals surface area (Å²) in [5, 5.41) is 10.4. The molecule has 0 spiro atoms. The molecule has 4 nitrogen and oxygen atoms in total. The molecule has 0 fully saturated rings. The van der Waals surface area contributed by atoms with Crippen molar-refractivity contribution in [3.8, 4) is 22.8 Å². The van der Waals surface area contributed by atoms with E-state index in [-0.39, 0.29) is 13.4 Å². The molecule has 0 atom stereocenters. The summed E-state index contributed by atoms with van der Waals surface area (Å²) in [6, 6.07) is 12.0. The number of rotatable bonds is 2. The molecule has 0 saturated carbocycles. The number of nitrogens with zero attached hydrogens (tertiary/aromatic N) is 1. The maximum Gasteiger partial charge on any atom is 0.231 e. The molecular weight excluding hydrogens is 290 g/mol. The van der Waals surface area contributed by atoms with E-state index in [1.807, 2.05) is 37.3 Å². The number of hydrogen-bond donors (Lipinski definition) is 1. The molecule has 4 heteroatoms. The summed E-state index contributed by atoms with van der Waals surface area (Å²) in [5.41, 5.74) is 5.95. The van der Waals surface area contributed by atoms with Gasteiger partial charge in [0.2, 0.25) is 6.79 Å². The fourth-order valence-corrected chi connectivity index (χ4v) is 3.00. The normalized spacial score (nSPS) is 12.8. The fourth-order valence-electron chi connectivity index (χ4n) is 3.00. The number of benzene rings is 2. The minimum atomic E-state index is 0.0178. The minimum Gasteiger partial charge on any atom is -0.454 e. The maximum atomic E-state index is 9.34. The Morgan fingerprint density at radius 3 is 2.57 bits per heavy atom. The van der Waals surface area contributed by atoms with Gasteiger partial charge >= 0.3 is 0 Å². The molecule has 1 aliphatic rings. The van der Waals surface area contributed by atoms with Crippen LogP contribution in [0, 0.1) is 13.8 Å². The highest BCUT2D eigenvalue weighted by Gasteiger charge is 2.17. The SMILES string of the molecule is Cc1cc2c(cc1-c1cc(C)c3ccc(CO)cc3n1)OCO2. The molecule has 0 aliphatic carbocycles. The van der Waals surface area contributed by atoms with E-state index in [1.165, 1.54) is 0 Å². The predicted octanol–water partition coefficient (Wildman–Crippen LogP) is 3.74. The van der Waals surface area contributed by atoms with Crippen LogP contribution in [0.25, 0.3) is 22.2 Å². The molecule has 1 aliphatic heterocycles. The van der Waals surface area contributed by atoms with E-state index in [4.69, 9.17) is 14.5 Å². The Balaban J connectivity index is 1.92. The van der Waals surface area contributed by atoms with Gasteiger partial charge in [0.1, 0.15) is 0 Å². The van der Waals surface area contributed by atoms with Crippen molar-refractivity contribution in [2.45, 2.75) is 20.5 Å². The van der Waals surface area contributed by atoms with E-state index in [2.05, 4.69) is 13.0 Å². The number of pyridine rings is 1. The molecule has 2 aromatic carbocycles. The lowest BCUT2D eigenvalue weighted by atomic mass is 10.0. The monoisotopic (exact) mass is 307 g/mol. The highest BCUT2D eigenvalue weighted by Crippen LogP contribution is 2.38. The van der Waals surface area contributed by atoms with E-state index in [1.54, 1.807) is 0 Å². The Morgan fingerprint density at radius 1 is 1.00 bits per heavy atom. The average Bonchev–Trinajstić information content (AvgIpc) is 3.00. The van der Waals surface area contributed by atoms with Crippen molar-refractivity contribution in [1.29, 1.82) is 0 Å². The number of ether oxygens (including phenoxy) is 2. The standard InChI is InChI=1S/C19H17NO3/c1-11-5-16(20-17-7-13(9-21)3-4-14(11)17)15-8-19-18(6-12(15)2)22-10-23-19/h3-8,21H,9-10H2,1-2H3. The first kappa shape index (κ1) is 14.0. The molecule has 0 radical (unpaired) electrons. The molecular formula is C19H17NO3. The summed E-state index contributed by atoms with van der Waals surface area (Å²) in [6.07, 6.45) is 0. The van der Waals surface area contributed by atoms with Gasteiger partial charge in [-0.2, -0.15) is 0 Å². The molecule has 2 heterocycles. The zero-order chi connectivity index (χ0) is 16.0. The summed E-state index contributed by atoms with van der Waals surface area (Å²) in [6.45, 7) is 4.41. The highest BCUT2D eigenvalue weighted by atomic mass is 16.7. The molecule has 1 N–H and O–H groups in total. The maximum absolute atomic E-state index is 9.34. The molecule has 116 valence electrons. The van der Waals surface area contributed by atoms with Crippen LogP contribution in [0.5, 0.6) is 11.5 Å². The van der Waals surface area contributed by atoms with Crippen molar-refractivity contribution in [2.24, 2.45) is 0 Å². The molecule has 0 saturated heterocycles. The molecule has 3 aromatic rings. The molecule has 23 heavy (non-hydrogen) atoms. The molecule has 4 rings (SSSR count). The first-order valence-corrected chi connectivity index (χ1v) is 7.57. The van der Waals surface area contributed by atoms with E-state index in [9.17, 15) is 5.11 Å². The van der Waals surface area contributed by atoms with Gasteiger partial charge in [-0.15, -0.1) is 0 Å². The van der Waals surface area contributed by atoms with Gasteiger partial charge < -0.3 is 14.6 Å². The molecule has 0 unspecified atom stereocenters. The van der Waals surface area contributed by atoms with Crippen LogP contribution in [0.2, 0.25) is 0 Å². The van der Waals surface area contributed by atoms with Crippen molar-refractivity contribution < 1.29 is 14.6 Å². The van der Waals surface area contributed by atoms with Crippen molar-refractivity contribution in [2.75, 3.05) is 6.79 Å². The summed E-state index contributed by atoms with van der Waals surface area (Å²) in [5.74, 6) is 1.54. The van der Waals surface area contributed by atoms with Crippen LogP contribution in [-0.2, 0) is 6.61 Å². The van der Waals surface area contributed by atoms with Gasteiger partial charge in [0.15, 0.2) is 11.5 Å². The molecule has 0 bridgehead atoms. The zero-order valence-electron chi connectivity index (χ0n) is 13.1.